The van der Waals surface area contributed by atoms with E-state index in [1.54, 1.807) is 24.4 Å². The minimum absolute atomic E-state index is 0.112. The topological polar surface area (TPSA) is 80.1 Å². The molecule has 1 aliphatic rings. The van der Waals surface area contributed by atoms with Gasteiger partial charge in [0.1, 0.15) is 5.69 Å². The van der Waals surface area contributed by atoms with Crippen molar-refractivity contribution in [3.05, 3.63) is 40.6 Å². The molecule has 116 valence electrons. The number of nitro benzene ring substituents is 1. The summed E-state index contributed by atoms with van der Waals surface area (Å²) in [6.45, 7) is 4.11. The lowest BCUT2D eigenvalue weighted by Crippen LogP contribution is -2.38. The minimum Gasteiger partial charge on any atom is -0.377 e. The molecule has 2 aromatic rings. The fraction of sp³-hybridized carbons (Fsp3) is 0.438. The number of anilines is 1. The molecular weight excluding hydrogens is 280 g/mol. The third-order valence-corrected chi connectivity index (χ3v) is 4.36. The number of hydrogen-bond acceptors (Lipinski definition) is 5. The zero-order valence-electron chi connectivity index (χ0n) is 12.6. The molecule has 22 heavy (non-hydrogen) atoms. The predicted molar refractivity (Wildman–Crippen MR) is 87.1 cm³/mol. The van der Waals surface area contributed by atoms with E-state index in [0.717, 1.165) is 25.9 Å². The van der Waals surface area contributed by atoms with Crippen molar-refractivity contribution in [3.8, 4) is 0 Å². The number of nitrogens with one attached hydrogen (secondary N) is 2. The Hall–Kier alpha value is -2.21. The van der Waals surface area contributed by atoms with Crippen molar-refractivity contribution in [3.63, 3.8) is 0 Å². The molecule has 0 radical (unpaired) electrons. The first-order valence-electron chi connectivity index (χ1n) is 7.66. The van der Waals surface area contributed by atoms with Crippen LogP contribution in [-0.2, 0) is 0 Å². The fourth-order valence-electron chi connectivity index (χ4n) is 3.12. The average Bonchev–Trinajstić information content (AvgIpc) is 2.55. The van der Waals surface area contributed by atoms with Gasteiger partial charge in [-0.2, -0.15) is 0 Å². The van der Waals surface area contributed by atoms with Crippen molar-refractivity contribution in [2.24, 2.45) is 5.92 Å². The smallest absolute Gasteiger partial charge is 0.301 e. The van der Waals surface area contributed by atoms with E-state index in [1.165, 1.54) is 0 Å². The Bertz CT molecular complexity index is 683. The van der Waals surface area contributed by atoms with E-state index in [4.69, 9.17) is 0 Å². The number of hydrogen-bond donors (Lipinski definition) is 2. The number of aromatic nitrogens is 1. The molecular formula is C16H20N4O2. The molecule has 6 nitrogen and oxygen atoms in total. The Morgan fingerprint density at radius 1 is 1.45 bits per heavy atom. The largest absolute Gasteiger partial charge is 0.377 e. The Morgan fingerprint density at radius 3 is 3.05 bits per heavy atom. The lowest BCUT2D eigenvalue weighted by atomic mass is 9.92. The summed E-state index contributed by atoms with van der Waals surface area (Å²) in [5.74, 6) is 0.484. The molecule has 0 bridgehead atoms. The number of pyridine rings is 1. The van der Waals surface area contributed by atoms with Gasteiger partial charge in [-0.25, -0.2) is 0 Å². The number of nitro groups is 1. The molecule has 0 saturated carbocycles. The van der Waals surface area contributed by atoms with Gasteiger partial charge in [-0.1, -0.05) is 0 Å². The monoisotopic (exact) mass is 300 g/mol. The Kier molecular flexibility index (Phi) is 4.20. The number of benzene rings is 1. The van der Waals surface area contributed by atoms with E-state index < -0.39 is 0 Å². The quantitative estimate of drug-likeness (QED) is 0.670. The summed E-state index contributed by atoms with van der Waals surface area (Å²) < 4.78 is 0. The van der Waals surface area contributed by atoms with Crippen LogP contribution in [0.2, 0.25) is 0 Å². The molecule has 1 aromatic carbocycles. The summed E-state index contributed by atoms with van der Waals surface area (Å²) in [6.07, 6.45) is 3.94. The lowest BCUT2D eigenvalue weighted by molar-refractivity contribution is -0.382. The third kappa shape index (κ3) is 2.87. The first kappa shape index (κ1) is 14.7. The maximum atomic E-state index is 11.5. The van der Waals surface area contributed by atoms with Crippen LogP contribution in [-0.4, -0.2) is 29.0 Å². The zero-order chi connectivity index (χ0) is 15.5. The van der Waals surface area contributed by atoms with Gasteiger partial charge in [0.15, 0.2) is 0 Å². The average molecular weight is 300 g/mol. The summed E-state index contributed by atoms with van der Waals surface area (Å²) in [5, 5.41) is 18.8. The van der Waals surface area contributed by atoms with Gasteiger partial charge in [0.25, 0.3) is 0 Å². The second-order valence-corrected chi connectivity index (χ2v) is 5.83. The lowest BCUT2D eigenvalue weighted by Gasteiger charge is -2.29. The molecule has 6 heteroatoms. The number of nitrogens with zero attached hydrogens (tertiary/aromatic N) is 2. The van der Waals surface area contributed by atoms with Crippen molar-refractivity contribution >= 4 is 22.3 Å². The highest BCUT2D eigenvalue weighted by molar-refractivity contribution is 5.94. The number of fused-ring (bicyclic) bond motifs is 1. The van der Waals surface area contributed by atoms with Crippen LogP contribution in [0.25, 0.3) is 10.9 Å². The molecule has 1 fully saturated rings. The van der Waals surface area contributed by atoms with Crippen molar-refractivity contribution in [1.82, 2.24) is 10.3 Å². The summed E-state index contributed by atoms with van der Waals surface area (Å²) in [7, 11) is 0. The molecule has 1 aromatic heterocycles. The second kappa shape index (κ2) is 6.27. The van der Waals surface area contributed by atoms with E-state index in [-0.39, 0.29) is 16.7 Å². The van der Waals surface area contributed by atoms with Gasteiger partial charge < -0.3 is 10.6 Å². The Morgan fingerprint density at radius 2 is 2.32 bits per heavy atom. The van der Waals surface area contributed by atoms with Crippen LogP contribution in [0.4, 0.5) is 11.4 Å². The van der Waals surface area contributed by atoms with Crippen molar-refractivity contribution in [2.45, 2.75) is 25.8 Å². The van der Waals surface area contributed by atoms with Crippen LogP contribution in [0, 0.1) is 16.0 Å². The van der Waals surface area contributed by atoms with Crippen molar-refractivity contribution < 1.29 is 4.92 Å². The SMILES string of the molecule is CC(Nc1ccc2ncccc2c1[N+](=O)[O-])C1CCCNC1. The standard InChI is InChI=1S/C16H20N4O2/c1-11(12-4-2-8-17-10-12)19-15-7-6-14-13(5-3-9-18-14)16(15)20(21)22/h3,5-7,9,11-12,17,19H,2,4,8,10H2,1H3. The summed E-state index contributed by atoms with van der Waals surface area (Å²) in [4.78, 5) is 15.4. The highest BCUT2D eigenvalue weighted by atomic mass is 16.6. The molecule has 0 aliphatic carbocycles. The van der Waals surface area contributed by atoms with Crippen molar-refractivity contribution in [1.29, 1.82) is 0 Å². The molecule has 1 saturated heterocycles. The maximum Gasteiger partial charge on any atom is 0.301 e. The molecule has 0 amide bonds. The summed E-state index contributed by atoms with van der Waals surface area (Å²) in [6, 6.07) is 7.25. The molecule has 2 heterocycles. The van der Waals surface area contributed by atoms with E-state index in [0.29, 0.717) is 22.5 Å². The van der Waals surface area contributed by atoms with Crippen molar-refractivity contribution in [2.75, 3.05) is 18.4 Å². The van der Waals surface area contributed by atoms with Gasteiger partial charge in [-0.3, -0.25) is 15.1 Å². The normalized spacial score (nSPS) is 19.8. The number of rotatable bonds is 4. The van der Waals surface area contributed by atoms with E-state index in [1.807, 2.05) is 6.07 Å². The van der Waals surface area contributed by atoms with Crippen LogP contribution in [0.15, 0.2) is 30.5 Å². The van der Waals surface area contributed by atoms with Crippen LogP contribution in [0.5, 0.6) is 0 Å². The van der Waals surface area contributed by atoms with Gasteiger partial charge in [-0.05, 0) is 63.0 Å². The van der Waals surface area contributed by atoms with Gasteiger partial charge in [0.05, 0.1) is 15.8 Å². The number of piperidine rings is 1. The first-order valence-corrected chi connectivity index (χ1v) is 7.66. The molecule has 1 aliphatic heterocycles. The van der Waals surface area contributed by atoms with Gasteiger partial charge in [0.2, 0.25) is 0 Å². The summed E-state index contributed by atoms with van der Waals surface area (Å²) in [5.41, 5.74) is 1.33. The molecule has 2 N–H and O–H groups in total. The van der Waals surface area contributed by atoms with Gasteiger partial charge in [0, 0.05) is 12.2 Å². The second-order valence-electron chi connectivity index (χ2n) is 5.83. The molecule has 0 spiro atoms. The van der Waals surface area contributed by atoms with Crippen LogP contribution in [0.1, 0.15) is 19.8 Å². The summed E-state index contributed by atoms with van der Waals surface area (Å²) >= 11 is 0. The Labute approximate surface area is 129 Å². The van der Waals surface area contributed by atoms with Crippen LogP contribution >= 0.6 is 0 Å². The molecule has 3 rings (SSSR count). The van der Waals surface area contributed by atoms with Gasteiger partial charge in [-0.15, -0.1) is 0 Å². The highest BCUT2D eigenvalue weighted by Crippen LogP contribution is 2.33. The zero-order valence-corrected chi connectivity index (χ0v) is 12.6. The highest BCUT2D eigenvalue weighted by Gasteiger charge is 2.24. The Balaban J connectivity index is 1.92. The first-order chi connectivity index (χ1) is 10.7. The molecule has 2 atom stereocenters. The van der Waals surface area contributed by atoms with Crippen LogP contribution in [0.3, 0.4) is 0 Å². The van der Waals surface area contributed by atoms with E-state index >= 15 is 0 Å². The minimum atomic E-state index is -0.321. The van der Waals surface area contributed by atoms with Crippen LogP contribution < -0.4 is 10.6 Å². The molecule has 2 unspecified atom stereocenters. The van der Waals surface area contributed by atoms with Gasteiger partial charge >= 0.3 is 5.69 Å². The fourth-order valence-corrected chi connectivity index (χ4v) is 3.12. The maximum absolute atomic E-state index is 11.5. The predicted octanol–water partition coefficient (Wildman–Crippen LogP) is 2.94. The van der Waals surface area contributed by atoms with E-state index in [9.17, 15) is 10.1 Å². The van der Waals surface area contributed by atoms with E-state index in [2.05, 4.69) is 22.5 Å². The third-order valence-electron chi connectivity index (χ3n) is 4.36.